The monoisotopic (exact) mass is 165 g/mol. The van der Waals surface area contributed by atoms with Crippen LogP contribution < -0.4 is 5.73 Å². The first-order valence-electron chi connectivity index (χ1n) is 4.26. The number of rotatable bonds is 3. The second-order valence-electron chi connectivity index (χ2n) is 3.40. The molecule has 2 nitrogen and oxygen atoms in total. The highest BCUT2D eigenvalue weighted by molar-refractivity contribution is 5.91. The lowest BCUT2D eigenvalue weighted by Gasteiger charge is -1.94. The first-order valence-corrected chi connectivity index (χ1v) is 4.26. The van der Waals surface area contributed by atoms with Crippen LogP contribution in [0.15, 0.2) is 23.3 Å². The van der Waals surface area contributed by atoms with E-state index in [4.69, 9.17) is 5.73 Å². The van der Waals surface area contributed by atoms with Gasteiger partial charge in [0.05, 0.1) is 0 Å². The summed E-state index contributed by atoms with van der Waals surface area (Å²) in [4.78, 5) is 10.6. The number of carbonyl (C=O) groups excluding carboxylic acids is 1. The van der Waals surface area contributed by atoms with Gasteiger partial charge in [-0.2, -0.15) is 0 Å². The minimum atomic E-state index is -0.338. The molecule has 0 bridgehead atoms. The quantitative estimate of drug-likeness (QED) is 0.502. The third-order valence-corrected chi connectivity index (χ3v) is 2.21. The highest BCUT2D eigenvalue weighted by Gasteiger charge is 2.22. The molecule has 0 aliphatic heterocycles. The van der Waals surface area contributed by atoms with Gasteiger partial charge in [0.2, 0.25) is 5.91 Å². The lowest BCUT2D eigenvalue weighted by atomic mass is 10.1. The van der Waals surface area contributed by atoms with E-state index in [-0.39, 0.29) is 5.91 Å². The van der Waals surface area contributed by atoms with Crippen LogP contribution in [-0.2, 0) is 4.79 Å². The van der Waals surface area contributed by atoms with Crippen molar-refractivity contribution in [1.29, 1.82) is 0 Å². The summed E-state index contributed by atoms with van der Waals surface area (Å²) in [5, 5.41) is 0. The maximum Gasteiger partial charge on any atom is 0.244 e. The molecule has 0 radical (unpaired) electrons. The van der Waals surface area contributed by atoms with Crippen molar-refractivity contribution in [1.82, 2.24) is 0 Å². The van der Waals surface area contributed by atoms with E-state index in [1.807, 2.05) is 6.08 Å². The van der Waals surface area contributed by atoms with E-state index < -0.39 is 0 Å². The maximum atomic E-state index is 10.6. The van der Waals surface area contributed by atoms with Crippen molar-refractivity contribution < 1.29 is 4.79 Å². The minimum Gasteiger partial charge on any atom is -0.366 e. The van der Waals surface area contributed by atoms with Crippen LogP contribution in [-0.4, -0.2) is 5.91 Å². The highest BCUT2D eigenvalue weighted by Crippen LogP contribution is 2.35. The predicted molar refractivity (Wildman–Crippen MR) is 49.4 cm³/mol. The van der Waals surface area contributed by atoms with Gasteiger partial charge in [-0.25, -0.2) is 0 Å². The molecule has 0 aromatic heterocycles. The van der Waals surface area contributed by atoms with E-state index in [9.17, 15) is 4.79 Å². The summed E-state index contributed by atoms with van der Waals surface area (Å²) < 4.78 is 0. The molecule has 1 saturated carbocycles. The number of allylic oxidation sites excluding steroid dienone is 3. The van der Waals surface area contributed by atoms with Crippen molar-refractivity contribution in [3.8, 4) is 0 Å². The maximum absolute atomic E-state index is 10.6. The summed E-state index contributed by atoms with van der Waals surface area (Å²) in [7, 11) is 0. The number of hydrogen-bond acceptors (Lipinski definition) is 1. The Bertz CT molecular complexity index is 247. The number of primary amides is 1. The SMILES string of the molecule is CC(=CC=C(C)C1CC1)C(N)=O. The number of hydrogen-bond donors (Lipinski definition) is 1. The summed E-state index contributed by atoms with van der Waals surface area (Å²) in [5.74, 6) is 0.428. The molecule has 1 aliphatic carbocycles. The van der Waals surface area contributed by atoms with Gasteiger partial charge in [-0.1, -0.05) is 17.7 Å². The molecule has 2 heteroatoms. The van der Waals surface area contributed by atoms with Gasteiger partial charge >= 0.3 is 0 Å². The molecule has 2 N–H and O–H groups in total. The van der Waals surface area contributed by atoms with Crippen LogP contribution in [0.25, 0.3) is 0 Å². The molecule has 0 atom stereocenters. The molecular weight excluding hydrogens is 150 g/mol. The molecule has 0 aromatic rings. The van der Waals surface area contributed by atoms with E-state index in [0.29, 0.717) is 5.57 Å². The molecular formula is C10H15NO. The first-order chi connectivity index (χ1) is 5.61. The normalized spacial score (nSPS) is 19.5. The largest absolute Gasteiger partial charge is 0.366 e. The zero-order valence-electron chi connectivity index (χ0n) is 7.63. The third kappa shape index (κ3) is 2.53. The van der Waals surface area contributed by atoms with E-state index in [1.54, 1.807) is 13.0 Å². The van der Waals surface area contributed by atoms with E-state index in [2.05, 4.69) is 6.92 Å². The van der Waals surface area contributed by atoms with Crippen LogP contribution in [0.3, 0.4) is 0 Å². The number of carbonyl (C=O) groups is 1. The average molecular weight is 165 g/mol. The Morgan fingerprint density at radius 1 is 1.33 bits per heavy atom. The predicted octanol–water partition coefficient (Wildman–Crippen LogP) is 1.77. The fourth-order valence-electron chi connectivity index (χ4n) is 1.01. The van der Waals surface area contributed by atoms with Crippen molar-refractivity contribution in [3.63, 3.8) is 0 Å². The number of amides is 1. The minimum absolute atomic E-state index is 0.338. The Morgan fingerprint density at radius 3 is 2.33 bits per heavy atom. The van der Waals surface area contributed by atoms with Gasteiger partial charge in [0.1, 0.15) is 0 Å². The lowest BCUT2D eigenvalue weighted by Crippen LogP contribution is -2.11. The molecule has 0 spiro atoms. The average Bonchev–Trinajstić information content (AvgIpc) is 2.81. The molecule has 12 heavy (non-hydrogen) atoms. The summed E-state index contributed by atoms with van der Waals surface area (Å²) in [6.07, 6.45) is 6.39. The van der Waals surface area contributed by atoms with Crippen molar-refractivity contribution in [2.24, 2.45) is 11.7 Å². The Labute approximate surface area is 73.1 Å². The van der Waals surface area contributed by atoms with Crippen LogP contribution in [0.5, 0.6) is 0 Å². The molecule has 0 unspecified atom stereocenters. The summed E-state index contributed by atoms with van der Waals surface area (Å²) in [6, 6.07) is 0. The van der Waals surface area contributed by atoms with Crippen LogP contribution in [0.1, 0.15) is 26.7 Å². The summed E-state index contributed by atoms with van der Waals surface area (Å²) in [6.45, 7) is 3.83. The van der Waals surface area contributed by atoms with Crippen molar-refractivity contribution in [2.45, 2.75) is 26.7 Å². The van der Waals surface area contributed by atoms with Gasteiger partial charge in [0.25, 0.3) is 0 Å². The zero-order valence-corrected chi connectivity index (χ0v) is 7.63. The fraction of sp³-hybridized carbons (Fsp3) is 0.500. The van der Waals surface area contributed by atoms with E-state index in [0.717, 1.165) is 5.92 Å². The van der Waals surface area contributed by atoms with Crippen LogP contribution in [0, 0.1) is 5.92 Å². The van der Waals surface area contributed by atoms with E-state index >= 15 is 0 Å². The van der Waals surface area contributed by atoms with Crippen LogP contribution in [0.4, 0.5) is 0 Å². The van der Waals surface area contributed by atoms with E-state index in [1.165, 1.54) is 18.4 Å². The second-order valence-corrected chi connectivity index (χ2v) is 3.40. The molecule has 1 rings (SSSR count). The van der Waals surface area contributed by atoms with Crippen LogP contribution in [0.2, 0.25) is 0 Å². The Balaban J connectivity index is 2.55. The second kappa shape index (κ2) is 3.57. The zero-order chi connectivity index (χ0) is 9.14. The van der Waals surface area contributed by atoms with Gasteiger partial charge < -0.3 is 5.73 Å². The topological polar surface area (TPSA) is 43.1 Å². The van der Waals surface area contributed by atoms with Crippen molar-refractivity contribution >= 4 is 5.91 Å². The molecule has 0 aromatic carbocycles. The summed E-state index contributed by atoms with van der Waals surface area (Å²) in [5.41, 5.74) is 7.05. The molecule has 1 fully saturated rings. The lowest BCUT2D eigenvalue weighted by molar-refractivity contribution is -0.114. The molecule has 0 heterocycles. The Morgan fingerprint density at radius 2 is 1.92 bits per heavy atom. The molecule has 1 aliphatic rings. The molecule has 66 valence electrons. The van der Waals surface area contributed by atoms with Gasteiger partial charge in [-0.3, -0.25) is 4.79 Å². The fourth-order valence-corrected chi connectivity index (χ4v) is 1.01. The Kier molecular flexibility index (Phi) is 2.69. The van der Waals surface area contributed by atoms with Gasteiger partial charge in [0, 0.05) is 5.57 Å². The van der Waals surface area contributed by atoms with Crippen LogP contribution >= 0.6 is 0 Å². The smallest absolute Gasteiger partial charge is 0.244 e. The summed E-state index contributed by atoms with van der Waals surface area (Å²) >= 11 is 0. The standard InChI is InChI=1S/C10H15NO/c1-7(9-5-6-9)3-4-8(2)10(11)12/h3-4,9H,5-6H2,1-2H3,(H2,11,12). The third-order valence-electron chi connectivity index (χ3n) is 2.21. The number of nitrogens with two attached hydrogens (primary N) is 1. The molecule has 0 saturated heterocycles. The Hall–Kier alpha value is -1.05. The highest BCUT2D eigenvalue weighted by atomic mass is 16.1. The van der Waals surface area contributed by atoms with Crippen molar-refractivity contribution in [3.05, 3.63) is 23.3 Å². The molecule has 1 amide bonds. The first kappa shape index (κ1) is 9.04. The van der Waals surface area contributed by atoms with Gasteiger partial charge in [0.15, 0.2) is 0 Å². The van der Waals surface area contributed by atoms with Gasteiger partial charge in [-0.05, 0) is 32.6 Å². The van der Waals surface area contributed by atoms with Crippen molar-refractivity contribution in [2.75, 3.05) is 0 Å². The van der Waals surface area contributed by atoms with Gasteiger partial charge in [-0.15, -0.1) is 0 Å².